The van der Waals surface area contributed by atoms with E-state index in [1.807, 2.05) is 0 Å². The Hall–Kier alpha value is -2.69. The molecule has 0 spiro atoms. The summed E-state index contributed by atoms with van der Waals surface area (Å²) in [4.78, 5) is 11.6. The molecule has 0 aliphatic carbocycles. The average molecular weight is 274 g/mol. The number of hydrogen-bond donors (Lipinski definition) is 0. The molecule has 0 saturated carbocycles. The molecule has 5 nitrogen and oxygen atoms in total. The zero-order valence-electron chi connectivity index (χ0n) is 11.2. The van der Waals surface area contributed by atoms with E-state index in [0.29, 0.717) is 23.0 Å². The maximum atomic E-state index is 11.6. The highest BCUT2D eigenvalue weighted by Crippen LogP contribution is 2.21. The van der Waals surface area contributed by atoms with Gasteiger partial charge in [-0.2, -0.15) is 0 Å². The zero-order valence-corrected chi connectivity index (χ0v) is 11.2. The van der Waals surface area contributed by atoms with Gasteiger partial charge in [0.1, 0.15) is 23.0 Å². The van der Waals surface area contributed by atoms with Crippen molar-refractivity contribution < 1.29 is 23.7 Å². The lowest BCUT2D eigenvalue weighted by Crippen LogP contribution is -2.13. The normalized spacial score (nSPS) is 9.70. The monoisotopic (exact) mass is 274 g/mol. The SMILES string of the molecule is COc1ccc(OC(=O)Oc2cccc(OC)c2)cc1. The van der Waals surface area contributed by atoms with Gasteiger partial charge in [0.2, 0.25) is 0 Å². The summed E-state index contributed by atoms with van der Waals surface area (Å²) in [6, 6.07) is 13.3. The van der Waals surface area contributed by atoms with Gasteiger partial charge < -0.3 is 18.9 Å². The topological polar surface area (TPSA) is 54.0 Å². The molecule has 20 heavy (non-hydrogen) atoms. The van der Waals surface area contributed by atoms with Crippen LogP contribution in [0.2, 0.25) is 0 Å². The van der Waals surface area contributed by atoms with Gasteiger partial charge in [-0.25, -0.2) is 4.79 Å². The van der Waals surface area contributed by atoms with Crippen molar-refractivity contribution in [1.82, 2.24) is 0 Å². The van der Waals surface area contributed by atoms with E-state index in [2.05, 4.69) is 0 Å². The van der Waals surface area contributed by atoms with E-state index < -0.39 is 6.16 Å². The number of benzene rings is 2. The van der Waals surface area contributed by atoms with Crippen LogP contribution in [0.4, 0.5) is 4.79 Å². The first-order valence-electron chi connectivity index (χ1n) is 5.89. The largest absolute Gasteiger partial charge is 0.519 e. The van der Waals surface area contributed by atoms with Gasteiger partial charge in [-0.3, -0.25) is 0 Å². The second kappa shape index (κ2) is 6.47. The third-order valence-corrected chi connectivity index (χ3v) is 2.50. The number of carbonyl (C=O) groups excluding carboxylic acids is 1. The average Bonchev–Trinajstić information content (AvgIpc) is 2.48. The smallest absolute Gasteiger partial charge is 0.497 e. The number of carbonyl (C=O) groups is 1. The first-order valence-corrected chi connectivity index (χ1v) is 5.89. The molecule has 0 aliphatic rings. The fourth-order valence-corrected chi connectivity index (χ4v) is 1.52. The van der Waals surface area contributed by atoms with Crippen LogP contribution in [0.25, 0.3) is 0 Å². The maximum Gasteiger partial charge on any atom is 0.519 e. The van der Waals surface area contributed by atoms with Gasteiger partial charge >= 0.3 is 6.16 Å². The van der Waals surface area contributed by atoms with Crippen LogP contribution in [0.5, 0.6) is 23.0 Å². The Morgan fingerprint density at radius 1 is 0.750 bits per heavy atom. The van der Waals surface area contributed by atoms with E-state index >= 15 is 0 Å². The van der Waals surface area contributed by atoms with Crippen LogP contribution in [-0.4, -0.2) is 20.4 Å². The lowest BCUT2D eigenvalue weighted by molar-refractivity contribution is 0.151. The van der Waals surface area contributed by atoms with E-state index in [0.717, 1.165) is 0 Å². The van der Waals surface area contributed by atoms with Crippen molar-refractivity contribution in [2.75, 3.05) is 14.2 Å². The second-order valence-corrected chi connectivity index (χ2v) is 3.81. The number of hydrogen-bond acceptors (Lipinski definition) is 5. The van der Waals surface area contributed by atoms with Crippen molar-refractivity contribution in [2.24, 2.45) is 0 Å². The summed E-state index contributed by atoms with van der Waals surface area (Å²) in [5.74, 6) is 2.00. The minimum Gasteiger partial charge on any atom is -0.497 e. The maximum absolute atomic E-state index is 11.6. The molecule has 0 heterocycles. The fourth-order valence-electron chi connectivity index (χ4n) is 1.52. The standard InChI is InChI=1S/C15H14O5/c1-17-11-6-8-12(9-7-11)19-15(16)20-14-5-3-4-13(10-14)18-2/h3-10H,1-2H3. The quantitative estimate of drug-likeness (QED) is 0.632. The van der Waals surface area contributed by atoms with Crippen molar-refractivity contribution in [1.29, 1.82) is 0 Å². The van der Waals surface area contributed by atoms with Crippen molar-refractivity contribution >= 4 is 6.16 Å². The fraction of sp³-hybridized carbons (Fsp3) is 0.133. The van der Waals surface area contributed by atoms with Crippen molar-refractivity contribution in [3.63, 3.8) is 0 Å². The molecule has 0 N–H and O–H groups in total. The predicted octanol–water partition coefficient (Wildman–Crippen LogP) is 3.28. The third kappa shape index (κ3) is 3.65. The van der Waals surface area contributed by atoms with E-state index in [1.165, 1.54) is 7.11 Å². The molecule has 0 saturated heterocycles. The Kier molecular flexibility index (Phi) is 4.44. The summed E-state index contributed by atoms with van der Waals surface area (Å²) in [7, 11) is 3.10. The molecule has 0 amide bonds. The van der Waals surface area contributed by atoms with Gasteiger partial charge in [-0.15, -0.1) is 0 Å². The van der Waals surface area contributed by atoms with Crippen LogP contribution in [0.15, 0.2) is 48.5 Å². The van der Waals surface area contributed by atoms with Crippen LogP contribution in [-0.2, 0) is 0 Å². The molecule has 0 fully saturated rings. The van der Waals surface area contributed by atoms with Gasteiger partial charge in [0.25, 0.3) is 0 Å². The summed E-state index contributed by atoms with van der Waals surface area (Å²) in [6.45, 7) is 0. The Bertz CT molecular complexity index is 577. The Morgan fingerprint density at radius 2 is 1.30 bits per heavy atom. The molecule has 0 bridgehead atoms. The molecule has 104 valence electrons. The van der Waals surface area contributed by atoms with Gasteiger partial charge in [-0.1, -0.05) is 6.07 Å². The lowest BCUT2D eigenvalue weighted by Gasteiger charge is -2.07. The molecule has 0 unspecified atom stereocenters. The molecule has 5 heteroatoms. The van der Waals surface area contributed by atoms with Crippen LogP contribution in [0.1, 0.15) is 0 Å². The molecule has 0 aromatic heterocycles. The van der Waals surface area contributed by atoms with E-state index in [4.69, 9.17) is 18.9 Å². The minimum atomic E-state index is -0.816. The van der Waals surface area contributed by atoms with Gasteiger partial charge in [0.15, 0.2) is 0 Å². The van der Waals surface area contributed by atoms with Crippen molar-refractivity contribution in [3.8, 4) is 23.0 Å². The molecule has 2 rings (SSSR count). The van der Waals surface area contributed by atoms with Gasteiger partial charge in [-0.05, 0) is 36.4 Å². The van der Waals surface area contributed by atoms with Crippen molar-refractivity contribution in [2.45, 2.75) is 0 Å². The summed E-state index contributed by atoms with van der Waals surface area (Å²) >= 11 is 0. The summed E-state index contributed by atoms with van der Waals surface area (Å²) in [5, 5.41) is 0. The van der Waals surface area contributed by atoms with Crippen molar-refractivity contribution in [3.05, 3.63) is 48.5 Å². The molecule has 0 aliphatic heterocycles. The van der Waals surface area contributed by atoms with Gasteiger partial charge in [0, 0.05) is 6.07 Å². The Morgan fingerprint density at radius 3 is 1.95 bits per heavy atom. The summed E-state index contributed by atoms with van der Waals surface area (Å²) < 4.78 is 20.1. The van der Waals surface area contributed by atoms with Gasteiger partial charge in [0.05, 0.1) is 14.2 Å². The number of methoxy groups -OCH3 is 2. The second-order valence-electron chi connectivity index (χ2n) is 3.81. The van der Waals surface area contributed by atoms with E-state index in [1.54, 1.807) is 55.6 Å². The molecular weight excluding hydrogens is 260 g/mol. The molecule has 2 aromatic rings. The highest BCUT2D eigenvalue weighted by Gasteiger charge is 2.08. The van der Waals surface area contributed by atoms with E-state index in [9.17, 15) is 4.79 Å². The summed E-state index contributed by atoms with van der Waals surface area (Å²) in [5.41, 5.74) is 0. The van der Waals surface area contributed by atoms with Crippen LogP contribution >= 0.6 is 0 Å². The molecular formula is C15H14O5. The van der Waals surface area contributed by atoms with E-state index in [-0.39, 0.29) is 0 Å². The highest BCUT2D eigenvalue weighted by molar-refractivity contribution is 5.67. The minimum absolute atomic E-state index is 0.350. The Labute approximate surface area is 116 Å². The van der Waals surface area contributed by atoms with Crippen LogP contribution < -0.4 is 18.9 Å². The molecule has 0 atom stereocenters. The van der Waals surface area contributed by atoms with Crippen LogP contribution in [0, 0.1) is 0 Å². The molecule has 2 aromatic carbocycles. The molecule has 0 radical (unpaired) electrons. The third-order valence-electron chi connectivity index (χ3n) is 2.50. The Balaban J connectivity index is 1.97. The van der Waals surface area contributed by atoms with Crippen LogP contribution in [0.3, 0.4) is 0 Å². The number of ether oxygens (including phenoxy) is 4. The first kappa shape index (κ1) is 13.7. The first-order chi connectivity index (χ1) is 9.71. The summed E-state index contributed by atoms with van der Waals surface area (Å²) in [6.07, 6.45) is -0.816. The highest BCUT2D eigenvalue weighted by atomic mass is 16.7. The lowest BCUT2D eigenvalue weighted by atomic mass is 10.3. The predicted molar refractivity (Wildman–Crippen MR) is 72.6 cm³/mol. The zero-order chi connectivity index (χ0) is 14.4. The number of rotatable bonds is 4.